The highest BCUT2D eigenvalue weighted by Gasteiger charge is 2.32. The van der Waals surface area contributed by atoms with Gasteiger partial charge < -0.3 is 25.1 Å². The van der Waals surface area contributed by atoms with Gasteiger partial charge in [0.05, 0.1) is 5.52 Å². The van der Waals surface area contributed by atoms with Gasteiger partial charge in [-0.15, -0.1) is 0 Å². The van der Waals surface area contributed by atoms with Crippen LogP contribution >= 0.6 is 34.4 Å². The van der Waals surface area contributed by atoms with Gasteiger partial charge in [0.15, 0.2) is 22.5 Å². The minimum Gasteiger partial charge on any atom is -0.449 e. The average Bonchev–Trinajstić information content (AvgIpc) is 3.15. The first-order valence-electron chi connectivity index (χ1n) is 10.2. The van der Waals surface area contributed by atoms with Gasteiger partial charge in [-0.1, -0.05) is 32.5 Å². The lowest BCUT2D eigenvalue weighted by Crippen LogP contribution is -2.29. The van der Waals surface area contributed by atoms with Crippen molar-refractivity contribution in [3.05, 3.63) is 28.0 Å². The molecule has 168 valence electrons. The Bertz CT molecular complexity index is 1130. The largest absolute Gasteiger partial charge is 0.449 e. The van der Waals surface area contributed by atoms with Crippen LogP contribution in [0, 0.1) is 8.99 Å². The van der Waals surface area contributed by atoms with E-state index in [0.717, 1.165) is 55.8 Å². The van der Waals surface area contributed by atoms with E-state index in [1.54, 1.807) is 18.0 Å². The third kappa shape index (κ3) is 5.04. The summed E-state index contributed by atoms with van der Waals surface area (Å²) < 4.78 is 15.1. The number of nitrogens with two attached hydrogens (primary N) is 1. The number of nitrogens with zero attached hydrogens (tertiary/aromatic N) is 3. The smallest absolute Gasteiger partial charge is 0.246 e. The third-order valence-electron chi connectivity index (χ3n) is 4.74. The predicted octanol–water partition coefficient (Wildman–Crippen LogP) is 5.16. The molecule has 0 unspecified atom stereocenters. The number of anilines is 1. The highest BCUT2D eigenvalue weighted by Crippen LogP contribution is 2.45. The van der Waals surface area contributed by atoms with E-state index in [4.69, 9.17) is 20.2 Å². The molecule has 0 saturated carbocycles. The van der Waals surface area contributed by atoms with E-state index in [1.807, 2.05) is 32.0 Å². The molecule has 4 rings (SSSR count). The summed E-state index contributed by atoms with van der Waals surface area (Å²) in [4.78, 5) is 10.1. The lowest BCUT2D eigenvalue weighted by atomic mass is 9.97. The molecule has 2 aromatic heterocycles. The van der Waals surface area contributed by atoms with Crippen molar-refractivity contribution < 1.29 is 10.9 Å². The molecule has 31 heavy (non-hydrogen) atoms. The van der Waals surface area contributed by atoms with Crippen LogP contribution in [0.2, 0.25) is 0 Å². The quantitative estimate of drug-likeness (QED) is 0.321. The Morgan fingerprint density at radius 1 is 1.26 bits per heavy atom. The van der Waals surface area contributed by atoms with Gasteiger partial charge in [0.2, 0.25) is 5.79 Å². The number of ether oxygens (including phenoxy) is 2. The fourth-order valence-corrected chi connectivity index (χ4v) is 5.13. The summed E-state index contributed by atoms with van der Waals surface area (Å²) in [6, 6.07) is 6.01. The molecule has 1 aliphatic rings. The second-order valence-corrected chi connectivity index (χ2v) is 11.5. The molecular weight excluding hydrogens is 525 g/mol. The number of halogens is 1. The molecular formula is C22H30IN5O2S. The van der Waals surface area contributed by atoms with Crippen molar-refractivity contribution in [2.24, 2.45) is 5.41 Å². The zero-order chi connectivity index (χ0) is 22.4. The van der Waals surface area contributed by atoms with Gasteiger partial charge in [0, 0.05) is 49.6 Å². The van der Waals surface area contributed by atoms with Gasteiger partial charge in [-0.25, -0.2) is 9.97 Å². The van der Waals surface area contributed by atoms with Crippen LogP contribution in [0.1, 0.15) is 36.0 Å². The summed E-state index contributed by atoms with van der Waals surface area (Å²) in [6.07, 6.45) is 1.74. The zero-order valence-electron chi connectivity index (χ0n) is 18.5. The molecule has 3 aromatic rings. The molecule has 9 heteroatoms. The van der Waals surface area contributed by atoms with E-state index in [2.05, 4.69) is 58.2 Å². The monoisotopic (exact) mass is 555 g/mol. The molecule has 0 radical (unpaired) electrons. The fraction of sp³-hybridized carbons (Fsp3) is 0.455. The van der Waals surface area contributed by atoms with Crippen molar-refractivity contribution in [3.63, 3.8) is 0 Å². The van der Waals surface area contributed by atoms with E-state index in [1.165, 1.54) is 0 Å². The summed E-state index contributed by atoms with van der Waals surface area (Å²) >= 11 is 3.93. The molecule has 0 bridgehead atoms. The SMILES string of the molecule is CC(C)(C)CNCCn1c(Sc2cc3c(cc2I)OC(C)(C)O3)nc2c(N)nccc21.[HH]. The highest BCUT2D eigenvalue weighted by molar-refractivity contribution is 14.1. The minimum absolute atomic E-state index is 0. The molecule has 3 N–H and O–H groups in total. The van der Waals surface area contributed by atoms with Gasteiger partial charge in [0.25, 0.3) is 0 Å². The van der Waals surface area contributed by atoms with Crippen molar-refractivity contribution in [3.8, 4) is 11.5 Å². The lowest BCUT2D eigenvalue weighted by molar-refractivity contribution is -0.0432. The van der Waals surface area contributed by atoms with Crippen molar-refractivity contribution >= 4 is 51.2 Å². The molecule has 0 aliphatic carbocycles. The van der Waals surface area contributed by atoms with Crippen LogP contribution in [0.3, 0.4) is 0 Å². The maximum Gasteiger partial charge on any atom is 0.246 e. The lowest BCUT2D eigenvalue weighted by Gasteiger charge is -2.19. The standard InChI is InChI=1S/C22H28IN5O2S.H2/c1-21(2,3)12-25-8-9-28-14-6-7-26-19(24)18(14)27-20(28)31-17-11-16-15(10-13(17)23)29-22(4,5)30-16;/h6-7,10-11,25H,8-9,12H2,1-5H3,(H2,24,26);1H. The molecule has 0 spiro atoms. The van der Waals surface area contributed by atoms with E-state index < -0.39 is 5.79 Å². The number of hydrogen-bond donors (Lipinski definition) is 2. The predicted molar refractivity (Wildman–Crippen MR) is 135 cm³/mol. The Morgan fingerprint density at radius 2 is 1.97 bits per heavy atom. The first kappa shape index (κ1) is 22.5. The first-order valence-corrected chi connectivity index (χ1v) is 12.1. The van der Waals surface area contributed by atoms with Crippen LogP contribution in [-0.4, -0.2) is 33.4 Å². The maximum absolute atomic E-state index is 6.13. The summed E-state index contributed by atoms with van der Waals surface area (Å²) in [7, 11) is 0. The third-order valence-corrected chi connectivity index (χ3v) is 7.05. The van der Waals surface area contributed by atoms with Gasteiger partial charge >= 0.3 is 0 Å². The second-order valence-electron chi connectivity index (χ2n) is 9.28. The van der Waals surface area contributed by atoms with Crippen LogP contribution < -0.4 is 20.5 Å². The van der Waals surface area contributed by atoms with E-state index in [9.17, 15) is 0 Å². The van der Waals surface area contributed by atoms with Crippen LogP contribution in [0.25, 0.3) is 11.0 Å². The maximum atomic E-state index is 6.13. The van der Waals surface area contributed by atoms with E-state index >= 15 is 0 Å². The van der Waals surface area contributed by atoms with Gasteiger partial charge in [-0.3, -0.25) is 0 Å². The van der Waals surface area contributed by atoms with Crippen LogP contribution in [0.15, 0.2) is 34.4 Å². The van der Waals surface area contributed by atoms with Crippen molar-refractivity contribution in [1.29, 1.82) is 0 Å². The van der Waals surface area contributed by atoms with Crippen LogP contribution in [0.4, 0.5) is 5.82 Å². The molecule has 0 fully saturated rings. The molecule has 0 saturated heterocycles. The number of rotatable bonds is 6. The van der Waals surface area contributed by atoms with Gasteiger partial charge in [-0.2, -0.15) is 0 Å². The Morgan fingerprint density at radius 3 is 2.68 bits per heavy atom. The summed E-state index contributed by atoms with van der Waals surface area (Å²) in [5.74, 6) is 1.32. The van der Waals surface area contributed by atoms with E-state index in [-0.39, 0.29) is 6.84 Å². The normalized spacial score (nSPS) is 15.0. The molecule has 0 atom stereocenters. The molecule has 1 aliphatic heterocycles. The minimum atomic E-state index is -0.652. The number of aromatic nitrogens is 3. The number of pyridine rings is 1. The number of fused-ring (bicyclic) bond motifs is 2. The second kappa shape index (κ2) is 8.32. The van der Waals surface area contributed by atoms with E-state index in [0.29, 0.717) is 5.82 Å². The highest BCUT2D eigenvalue weighted by atomic mass is 127. The number of nitrogens with one attached hydrogen (secondary N) is 1. The number of hydrogen-bond acceptors (Lipinski definition) is 7. The summed E-state index contributed by atoms with van der Waals surface area (Å²) in [5, 5.41) is 4.42. The molecule has 0 amide bonds. The Kier molecular flexibility index (Phi) is 6.04. The molecule has 3 heterocycles. The zero-order valence-corrected chi connectivity index (χ0v) is 21.4. The fourth-order valence-electron chi connectivity index (χ4n) is 3.40. The average molecular weight is 555 g/mol. The summed E-state index contributed by atoms with van der Waals surface area (Å²) in [6.45, 7) is 13.1. The number of benzene rings is 1. The van der Waals surface area contributed by atoms with Gasteiger partial charge in [0.1, 0.15) is 5.52 Å². The number of imidazole rings is 1. The van der Waals surface area contributed by atoms with Crippen LogP contribution in [-0.2, 0) is 6.54 Å². The van der Waals surface area contributed by atoms with Crippen molar-refractivity contribution in [1.82, 2.24) is 19.9 Å². The van der Waals surface area contributed by atoms with Crippen molar-refractivity contribution in [2.75, 3.05) is 18.8 Å². The Balaban J connectivity index is 0.00000289. The number of nitrogen functional groups attached to an aromatic ring is 1. The molecule has 7 nitrogen and oxygen atoms in total. The van der Waals surface area contributed by atoms with Crippen LogP contribution in [0.5, 0.6) is 11.5 Å². The topological polar surface area (TPSA) is 87.2 Å². The first-order chi connectivity index (χ1) is 14.5. The van der Waals surface area contributed by atoms with Crippen molar-refractivity contribution in [2.45, 2.75) is 57.0 Å². The summed E-state index contributed by atoms with van der Waals surface area (Å²) in [5.41, 5.74) is 8.09. The molecule has 1 aromatic carbocycles. The Labute approximate surface area is 202 Å². The van der Waals surface area contributed by atoms with Gasteiger partial charge in [-0.05, 0) is 46.2 Å². The Hall–Kier alpha value is -1.72.